The highest BCUT2D eigenvalue weighted by Gasteiger charge is 2.32. The molecule has 10 heteroatoms. The van der Waals surface area contributed by atoms with E-state index in [9.17, 15) is 18.0 Å². The standard InChI is InChI=1S/C25H35N3O6S/c1-7-21(25(30)26-18(2)3)27(16-19-11-9-8-10-12-19)24(29)17-28(35(6,31)32)20-13-14-22(33-4)23(15-20)34-5/h8-15,18,21H,7,16-17H2,1-6H3,(H,26,30)/t21-/m0/s1. The van der Waals surface area contributed by atoms with Crippen LogP contribution < -0.4 is 19.1 Å². The molecule has 2 amide bonds. The molecule has 0 bridgehead atoms. The van der Waals surface area contributed by atoms with Gasteiger partial charge in [0.15, 0.2) is 11.5 Å². The summed E-state index contributed by atoms with van der Waals surface area (Å²) in [7, 11) is -0.928. The molecule has 35 heavy (non-hydrogen) atoms. The number of nitrogens with zero attached hydrogens (tertiary/aromatic N) is 2. The van der Waals surface area contributed by atoms with Crippen molar-refractivity contribution in [3.05, 3.63) is 54.1 Å². The van der Waals surface area contributed by atoms with Crippen LogP contribution in [0, 0.1) is 0 Å². The average molecular weight is 506 g/mol. The third-order valence-electron chi connectivity index (χ3n) is 5.35. The minimum absolute atomic E-state index is 0.107. The van der Waals surface area contributed by atoms with Gasteiger partial charge < -0.3 is 19.7 Å². The zero-order valence-corrected chi connectivity index (χ0v) is 22.0. The molecule has 0 saturated carbocycles. The molecule has 1 atom stereocenters. The van der Waals surface area contributed by atoms with Crippen LogP contribution in [0.3, 0.4) is 0 Å². The van der Waals surface area contributed by atoms with Gasteiger partial charge >= 0.3 is 0 Å². The second kappa shape index (κ2) is 12.4. The van der Waals surface area contributed by atoms with Gasteiger partial charge in [0.2, 0.25) is 21.8 Å². The van der Waals surface area contributed by atoms with E-state index < -0.39 is 28.5 Å². The number of carbonyl (C=O) groups is 2. The van der Waals surface area contributed by atoms with E-state index in [4.69, 9.17) is 9.47 Å². The molecular weight excluding hydrogens is 470 g/mol. The summed E-state index contributed by atoms with van der Waals surface area (Å²) in [5, 5.41) is 2.86. The Morgan fingerprint density at radius 2 is 1.63 bits per heavy atom. The summed E-state index contributed by atoms with van der Waals surface area (Å²) in [5.74, 6) is -0.0308. The number of amides is 2. The third-order valence-corrected chi connectivity index (χ3v) is 6.49. The van der Waals surface area contributed by atoms with Crippen LogP contribution in [0.25, 0.3) is 0 Å². The van der Waals surface area contributed by atoms with Crippen molar-refractivity contribution in [2.75, 3.05) is 31.3 Å². The van der Waals surface area contributed by atoms with Crippen LogP contribution in [0.15, 0.2) is 48.5 Å². The fraction of sp³-hybridized carbons (Fsp3) is 0.440. The van der Waals surface area contributed by atoms with E-state index in [-0.39, 0.29) is 24.2 Å². The van der Waals surface area contributed by atoms with E-state index in [1.165, 1.54) is 25.2 Å². The SMILES string of the molecule is CC[C@@H](C(=O)NC(C)C)N(Cc1ccccc1)C(=O)CN(c1ccc(OC)c(OC)c1)S(C)(=O)=O. The Bertz CT molecular complexity index is 1110. The fourth-order valence-corrected chi connectivity index (χ4v) is 4.52. The van der Waals surface area contributed by atoms with Gasteiger partial charge in [-0.25, -0.2) is 8.42 Å². The number of benzene rings is 2. The van der Waals surface area contributed by atoms with Crippen molar-refractivity contribution in [1.29, 1.82) is 0 Å². The van der Waals surface area contributed by atoms with Crippen molar-refractivity contribution >= 4 is 27.5 Å². The third kappa shape index (κ3) is 7.61. The summed E-state index contributed by atoms with van der Waals surface area (Å²) in [6, 6.07) is 13.0. The minimum Gasteiger partial charge on any atom is -0.493 e. The molecule has 0 saturated heterocycles. The lowest BCUT2D eigenvalue weighted by Crippen LogP contribution is -2.53. The highest BCUT2D eigenvalue weighted by molar-refractivity contribution is 7.92. The van der Waals surface area contributed by atoms with Gasteiger partial charge in [0, 0.05) is 18.7 Å². The number of ether oxygens (including phenoxy) is 2. The molecule has 0 spiro atoms. The molecule has 0 unspecified atom stereocenters. The number of rotatable bonds is 12. The van der Waals surface area contributed by atoms with Crippen molar-refractivity contribution in [2.24, 2.45) is 0 Å². The number of sulfonamides is 1. The highest BCUT2D eigenvalue weighted by Crippen LogP contribution is 2.32. The molecule has 0 aromatic heterocycles. The molecule has 0 aliphatic heterocycles. The van der Waals surface area contributed by atoms with Gasteiger partial charge in [-0.15, -0.1) is 0 Å². The zero-order chi connectivity index (χ0) is 26.2. The average Bonchev–Trinajstić information content (AvgIpc) is 2.81. The van der Waals surface area contributed by atoms with Crippen molar-refractivity contribution in [3.8, 4) is 11.5 Å². The second-order valence-electron chi connectivity index (χ2n) is 8.40. The van der Waals surface area contributed by atoms with Crippen LogP contribution in [-0.4, -0.2) is 64.2 Å². The number of nitrogens with one attached hydrogen (secondary N) is 1. The first-order chi connectivity index (χ1) is 16.5. The Kier molecular flexibility index (Phi) is 9.94. The predicted octanol–water partition coefficient (Wildman–Crippen LogP) is 2.80. The van der Waals surface area contributed by atoms with E-state index in [0.717, 1.165) is 16.1 Å². The van der Waals surface area contributed by atoms with Gasteiger partial charge in [0.1, 0.15) is 12.6 Å². The summed E-state index contributed by atoms with van der Waals surface area (Å²) < 4.78 is 37.0. The van der Waals surface area contributed by atoms with E-state index in [1.807, 2.05) is 51.1 Å². The van der Waals surface area contributed by atoms with Gasteiger partial charge in [0.25, 0.3) is 0 Å². The lowest BCUT2D eigenvalue weighted by Gasteiger charge is -2.33. The molecule has 0 heterocycles. The summed E-state index contributed by atoms with van der Waals surface area (Å²) in [6.45, 7) is 5.19. The topological polar surface area (TPSA) is 105 Å². The number of methoxy groups -OCH3 is 2. The number of hydrogen-bond acceptors (Lipinski definition) is 6. The Balaban J connectivity index is 2.46. The van der Waals surface area contributed by atoms with Crippen LogP contribution in [-0.2, 0) is 26.2 Å². The number of anilines is 1. The molecule has 0 fully saturated rings. The lowest BCUT2D eigenvalue weighted by atomic mass is 10.1. The van der Waals surface area contributed by atoms with Crippen LogP contribution in [0.5, 0.6) is 11.5 Å². The van der Waals surface area contributed by atoms with Gasteiger partial charge in [-0.2, -0.15) is 0 Å². The van der Waals surface area contributed by atoms with Gasteiger partial charge in [0.05, 0.1) is 26.2 Å². The largest absolute Gasteiger partial charge is 0.493 e. The summed E-state index contributed by atoms with van der Waals surface area (Å²) in [6.07, 6.45) is 1.40. The smallest absolute Gasteiger partial charge is 0.244 e. The molecule has 192 valence electrons. The first-order valence-corrected chi connectivity index (χ1v) is 13.2. The van der Waals surface area contributed by atoms with Gasteiger partial charge in [-0.3, -0.25) is 13.9 Å². The Morgan fingerprint density at radius 1 is 1.00 bits per heavy atom. The maximum atomic E-state index is 13.6. The van der Waals surface area contributed by atoms with Crippen molar-refractivity contribution in [1.82, 2.24) is 10.2 Å². The van der Waals surface area contributed by atoms with Gasteiger partial charge in [-0.05, 0) is 38.0 Å². The molecule has 2 aromatic carbocycles. The zero-order valence-electron chi connectivity index (χ0n) is 21.1. The van der Waals surface area contributed by atoms with E-state index in [1.54, 1.807) is 12.1 Å². The van der Waals surface area contributed by atoms with Crippen molar-refractivity contribution < 1.29 is 27.5 Å². The summed E-state index contributed by atoms with van der Waals surface area (Å²) in [5.41, 5.74) is 1.08. The highest BCUT2D eigenvalue weighted by atomic mass is 32.2. The van der Waals surface area contributed by atoms with Crippen molar-refractivity contribution in [2.45, 2.75) is 45.8 Å². The second-order valence-corrected chi connectivity index (χ2v) is 10.3. The number of carbonyl (C=O) groups excluding carboxylic acids is 2. The van der Waals surface area contributed by atoms with Crippen LogP contribution in [0.1, 0.15) is 32.8 Å². The quantitative estimate of drug-likeness (QED) is 0.476. The lowest BCUT2D eigenvalue weighted by molar-refractivity contribution is -0.140. The molecule has 0 radical (unpaired) electrons. The summed E-state index contributed by atoms with van der Waals surface area (Å²) in [4.78, 5) is 28.0. The molecule has 2 rings (SSSR count). The fourth-order valence-electron chi connectivity index (χ4n) is 3.67. The molecule has 0 aliphatic rings. The normalized spacial score (nSPS) is 12.1. The first-order valence-electron chi connectivity index (χ1n) is 11.3. The van der Waals surface area contributed by atoms with Gasteiger partial charge in [-0.1, -0.05) is 37.3 Å². The van der Waals surface area contributed by atoms with E-state index in [0.29, 0.717) is 17.9 Å². The Hall–Kier alpha value is -3.27. The summed E-state index contributed by atoms with van der Waals surface area (Å²) >= 11 is 0. The molecule has 1 N–H and O–H groups in total. The predicted molar refractivity (Wildman–Crippen MR) is 136 cm³/mol. The van der Waals surface area contributed by atoms with Crippen LogP contribution >= 0.6 is 0 Å². The Morgan fingerprint density at radius 3 is 2.14 bits per heavy atom. The van der Waals surface area contributed by atoms with Crippen LogP contribution in [0.4, 0.5) is 5.69 Å². The van der Waals surface area contributed by atoms with E-state index >= 15 is 0 Å². The monoisotopic (exact) mass is 505 g/mol. The first kappa shape index (κ1) is 28.0. The number of hydrogen-bond donors (Lipinski definition) is 1. The van der Waals surface area contributed by atoms with E-state index in [2.05, 4.69) is 5.32 Å². The molecule has 0 aliphatic carbocycles. The molecular formula is C25H35N3O6S. The Labute approximate surface area is 208 Å². The molecule has 2 aromatic rings. The maximum absolute atomic E-state index is 13.6. The molecule has 9 nitrogen and oxygen atoms in total. The van der Waals surface area contributed by atoms with Crippen molar-refractivity contribution in [3.63, 3.8) is 0 Å². The van der Waals surface area contributed by atoms with Crippen LogP contribution in [0.2, 0.25) is 0 Å². The maximum Gasteiger partial charge on any atom is 0.244 e. The minimum atomic E-state index is -3.85.